The third kappa shape index (κ3) is 5.53. The molecule has 7 aliphatic heterocycles. The van der Waals surface area contributed by atoms with Crippen LogP contribution >= 0.6 is 0 Å². The molecule has 10 aromatic rings. The van der Waals surface area contributed by atoms with Crippen molar-refractivity contribution in [3.63, 3.8) is 0 Å². The van der Waals surface area contributed by atoms with Crippen LogP contribution in [0.3, 0.4) is 0 Å². The van der Waals surface area contributed by atoms with E-state index in [2.05, 4.69) is 261 Å². The van der Waals surface area contributed by atoms with Gasteiger partial charge in [0.15, 0.2) is 0 Å². The van der Waals surface area contributed by atoms with E-state index in [0.717, 1.165) is 0 Å². The molecule has 0 saturated heterocycles. The van der Waals surface area contributed by atoms with Crippen molar-refractivity contribution in [2.45, 2.75) is 59.3 Å². The highest BCUT2D eigenvalue weighted by atomic mass is 15.2. The zero-order valence-corrected chi connectivity index (χ0v) is 44.4. The minimum Gasteiger partial charge on any atom is -0.312 e. The molecule has 0 amide bonds. The lowest BCUT2D eigenvalue weighted by atomic mass is 9.24. The van der Waals surface area contributed by atoms with Gasteiger partial charge in [-0.05, 0) is 149 Å². The van der Waals surface area contributed by atoms with Gasteiger partial charge in [-0.3, -0.25) is 0 Å². The van der Waals surface area contributed by atoms with Crippen LogP contribution in [0.25, 0.3) is 0 Å². The van der Waals surface area contributed by atoms with Gasteiger partial charge in [0, 0.05) is 68.2 Å². The van der Waals surface area contributed by atoms with E-state index in [1.165, 1.54) is 150 Å². The summed E-state index contributed by atoms with van der Waals surface area (Å²) in [7, 11) is 0. The maximum Gasteiger partial charge on any atom is 0.252 e. The number of para-hydroxylation sites is 7. The quantitative estimate of drug-likeness (QED) is 0.160. The number of nitrogens with zero attached hydrogens (tertiary/aromatic N) is 4. The average molecular weight is 982 g/mol. The first-order valence-corrected chi connectivity index (χ1v) is 28.2. The fourth-order valence-corrected chi connectivity index (χ4v) is 15.7. The molecule has 4 nitrogen and oxygen atoms in total. The first kappa shape index (κ1) is 43.9. The van der Waals surface area contributed by atoms with E-state index in [1.807, 2.05) is 0 Å². The number of fused-ring (bicyclic) bond motifs is 20. The van der Waals surface area contributed by atoms with Gasteiger partial charge in [-0.2, -0.15) is 0 Å². The summed E-state index contributed by atoms with van der Waals surface area (Å²) in [6, 6.07) is 77.8. The van der Waals surface area contributed by atoms with Crippen molar-refractivity contribution in [2.24, 2.45) is 0 Å². The summed E-state index contributed by atoms with van der Waals surface area (Å²) in [5, 5.41) is 0. The van der Waals surface area contributed by atoms with Gasteiger partial charge in [0.05, 0.1) is 0 Å². The van der Waals surface area contributed by atoms with Crippen molar-refractivity contribution in [1.82, 2.24) is 0 Å². The third-order valence-electron chi connectivity index (χ3n) is 18.8. The summed E-state index contributed by atoms with van der Waals surface area (Å²) >= 11 is 0. The normalized spacial score (nSPS) is 14.8. The maximum atomic E-state index is 2.75. The van der Waals surface area contributed by atoms with Crippen molar-refractivity contribution < 1.29 is 0 Å². The molecule has 0 unspecified atom stereocenters. The van der Waals surface area contributed by atoms with E-state index in [0.29, 0.717) is 17.8 Å². The number of hydrogen-bond donors (Lipinski definition) is 0. The summed E-state index contributed by atoms with van der Waals surface area (Å²) in [6.45, 7) is 14.4. The second-order valence-electron chi connectivity index (χ2n) is 23.6. The van der Waals surface area contributed by atoms with Crippen LogP contribution in [-0.4, -0.2) is 26.9 Å². The van der Waals surface area contributed by atoms with Crippen molar-refractivity contribution in [2.75, 3.05) is 19.6 Å². The fourth-order valence-electron chi connectivity index (χ4n) is 15.7. The van der Waals surface area contributed by atoms with Crippen LogP contribution in [-0.2, 0) is 0 Å². The van der Waals surface area contributed by atoms with E-state index in [4.69, 9.17) is 0 Å². The molecule has 17 rings (SSSR count). The molecule has 0 aromatic heterocycles. The molecule has 0 fully saturated rings. The van der Waals surface area contributed by atoms with Gasteiger partial charge >= 0.3 is 0 Å². The van der Waals surface area contributed by atoms with Gasteiger partial charge in [0.2, 0.25) is 6.71 Å². The molecule has 7 heterocycles. The predicted octanol–water partition coefficient (Wildman–Crippen LogP) is 9.19. The molecule has 77 heavy (non-hydrogen) atoms. The zero-order chi connectivity index (χ0) is 51.3. The van der Waals surface area contributed by atoms with Crippen LogP contribution in [0.2, 0.25) is 0 Å². The Morgan fingerprint density at radius 1 is 0.260 bits per heavy atom. The number of anilines is 12. The Bertz CT molecular complexity index is 4190. The number of benzene rings is 10. The Labute approximate surface area is 454 Å². The Morgan fingerprint density at radius 3 is 0.922 bits per heavy atom. The zero-order valence-electron chi connectivity index (χ0n) is 44.4. The van der Waals surface area contributed by atoms with Crippen LogP contribution in [0.5, 0.6) is 0 Å². The molecule has 362 valence electrons. The van der Waals surface area contributed by atoms with Crippen LogP contribution < -0.4 is 85.2 Å². The lowest BCUT2D eigenvalue weighted by Crippen LogP contribution is -2.75. The van der Waals surface area contributed by atoms with Gasteiger partial charge in [-0.25, -0.2) is 0 Å². The first-order valence-electron chi connectivity index (χ1n) is 28.2. The third-order valence-corrected chi connectivity index (χ3v) is 18.8. The average Bonchev–Trinajstić information content (AvgIpc) is 3.55. The van der Waals surface area contributed by atoms with E-state index >= 15 is 0 Å². The minimum atomic E-state index is -0.0504. The van der Waals surface area contributed by atoms with E-state index in [9.17, 15) is 0 Å². The summed E-state index contributed by atoms with van der Waals surface area (Å²) in [4.78, 5) is 10.7. The second-order valence-corrected chi connectivity index (χ2v) is 23.6. The highest BCUT2D eigenvalue weighted by Crippen LogP contribution is 2.52. The standard InChI is InChI=1S/C69H54B4N4/c1-40(2)43-36-45(41(3)4)63(46(37-43)42(5)6)72-47-24-10-16-30-55(47)74(44-22-8-7-9-23-44)61-39-62-54(38-53(61)72)73-52-29-15-20-34-59(52)76-58-33-19-12-26-49(58)70-48-25-11-17-31-56(48)75-57-32-18-13-27-50(57)71-51-28-14-21-35-60(51)77(62)69-65(71)67(75)64(70)68(76)66(69)73/h7-42H,1-6H3. The highest BCUT2D eigenvalue weighted by molar-refractivity contribution is 7.09. The topological polar surface area (TPSA) is 13.0 Å². The first-order chi connectivity index (χ1) is 37.8. The predicted molar refractivity (Wildman–Crippen MR) is 333 cm³/mol. The Kier molecular flexibility index (Phi) is 8.91. The molecular formula is C69H54B4N4. The van der Waals surface area contributed by atoms with E-state index in [1.54, 1.807) is 0 Å². The van der Waals surface area contributed by atoms with Gasteiger partial charge in [0.1, 0.15) is 0 Å². The molecule has 0 N–H and O–H groups in total. The van der Waals surface area contributed by atoms with Crippen molar-refractivity contribution >= 4 is 161 Å². The van der Waals surface area contributed by atoms with Crippen LogP contribution in [0.15, 0.2) is 200 Å². The SMILES string of the molecule is CC(C)c1cc(C(C)C)c(B2c3ccccc3N(c3ccccc3)c3cc4c(cc32)B2c3ccccc3N3c5ccccc5B5c6ccccc6N6c7ccccc7B7c8ccccc8N4c4c7c6c5c3c42)c(C(C)C)c1. The van der Waals surface area contributed by atoms with Gasteiger partial charge in [-0.1, -0.05) is 193 Å². The van der Waals surface area contributed by atoms with Gasteiger partial charge in [0.25, 0.3) is 20.1 Å². The van der Waals surface area contributed by atoms with Crippen molar-refractivity contribution in [1.29, 1.82) is 0 Å². The number of rotatable bonds is 5. The largest absolute Gasteiger partial charge is 0.312 e. The highest BCUT2D eigenvalue weighted by Gasteiger charge is 2.58. The monoisotopic (exact) mass is 982 g/mol. The molecule has 7 aliphatic rings. The second kappa shape index (κ2) is 15.6. The van der Waals surface area contributed by atoms with Crippen LogP contribution in [0.4, 0.5) is 68.2 Å². The summed E-state index contributed by atoms with van der Waals surface area (Å²) in [6.07, 6.45) is 0. The summed E-state index contributed by atoms with van der Waals surface area (Å²) in [5.74, 6) is 1.06. The van der Waals surface area contributed by atoms with Gasteiger partial charge < -0.3 is 19.6 Å². The number of hydrogen-bond acceptors (Lipinski definition) is 4. The molecule has 8 heteroatoms. The molecule has 0 bridgehead atoms. The summed E-state index contributed by atoms with van der Waals surface area (Å²) < 4.78 is 0. The Balaban J connectivity index is 1.06. The Hall–Kier alpha value is -8.34. The van der Waals surface area contributed by atoms with E-state index in [-0.39, 0.29) is 26.9 Å². The molecule has 0 aliphatic carbocycles. The fraction of sp³-hybridized carbons (Fsp3) is 0.130. The van der Waals surface area contributed by atoms with Crippen molar-refractivity contribution in [3.05, 3.63) is 217 Å². The molecule has 0 spiro atoms. The summed E-state index contributed by atoms with van der Waals surface area (Å²) in [5.41, 5.74) is 36.4. The molecule has 0 radical (unpaired) electrons. The van der Waals surface area contributed by atoms with Crippen LogP contribution in [0, 0.1) is 0 Å². The van der Waals surface area contributed by atoms with E-state index < -0.39 is 0 Å². The Morgan fingerprint density at radius 2 is 0.558 bits per heavy atom. The minimum absolute atomic E-state index is 0.0157. The van der Waals surface area contributed by atoms with Crippen molar-refractivity contribution in [3.8, 4) is 0 Å². The maximum absolute atomic E-state index is 2.75. The lowest BCUT2D eigenvalue weighted by Gasteiger charge is -2.56. The molecule has 0 saturated carbocycles. The lowest BCUT2D eigenvalue weighted by molar-refractivity contribution is 0.812. The molecular weight excluding hydrogens is 928 g/mol. The van der Waals surface area contributed by atoms with Gasteiger partial charge in [-0.15, -0.1) is 0 Å². The molecule has 0 atom stereocenters. The molecule has 10 aromatic carbocycles. The smallest absolute Gasteiger partial charge is 0.252 e. The van der Waals surface area contributed by atoms with Crippen LogP contribution in [0.1, 0.15) is 76.0 Å².